The van der Waals surface area contributed by atoms with Crippen molar-refractivity contribution in [2.24, 2.45) is 11.8 Å². The molecule has 0 unspecified atom stereocenters. The Morgan fingerprint density at radius 3 is 2.43 bits per heavy atom. The number of esters is 1. The summed E-state index contributed by atoms with van der Waals surface area (Å²) >= 11 is 0. The number of nitrogens with zero attached hydrogens (tertiary/aromatic N) is 1. The summed E-state index contributed by atoms with van der Waals surface area (Å²) in [6.45, 7) is 11.8. The van der Waals surface area contributed by atoms with Crippen molar-refractivity contribution in [1.29, 1.82) is 0 Å². The molecule has 0 spiro atoms. The number of ether oxygens (including phenoxy) is 3. The minimum absolute atomic E-state index is 0.00712. The van der Waals surface area contributed by atoms with Gasteiger partial charge in [-0.2, -0.15) is 0 Å². The van der Waals surface area contributed by atoms with Crippen molar-refractivity contribution in [2.45, 2.75) is 64.8 Å². The first kappa shape index (κ1) is 20.6. The smallest absolute Gasteiger partial charge is 0.412 e. The zero-order chi connectivity index (χ0) is 20.7. The van der Waals surface area contributed by atoms with Gasteiger partial charge >= 0.3 is 12.1 Å². The molecule has 0 aromatic heterocycles. The fourth-order valence-corrected chi connectivity index (χ4v) is 4.24. The van der Waals surface area contributed by atoms with Crippen LogP contribution >= 0.6 is 0 Å². The fraction of sp³-hybridized carbons (Fsp3) is 0.636. The molecular weight excluding hydrogens is 358 g/mol. The molecule has 154 valence electrons. The van der Waals surface area contributed by atoms with E-state index in [-0.39, 0.29) is 29.8 Å². The average molecular weight is 389 g/mol. The number of carbonyl (C=O) groups is 2. The zero-order valence-corrected chi connectivity index (χ0v) is 17.6. The number of benzene rings is 1. The summed E-state index contributed by atoms with van der Waals surface area (Å²) in [6, 6.07) is 9.69. The Bertz CT molecular complexity index is 724. The van der Waals surface area contributed by atoms with Crippen LogP contribution < -0.4 is 0 Å². The van der Waals surface area contributed by atoms with Crippen molar-refractivity contribution in [2.75, 3.05) is 13.2 Å². The number of carbonyl (C=O) groups excluding carboxylic acids is 2. The third-order valence-electron chi connectivity index (χ3n) is 5.37. The standard InChI is InChI=1S/C22H31NO5/c1-7-26-19(24)18-16(14-11-9-8-10-12-14)17(18)15-13-27-22(5,6)23(15)20(25)28-21(2,3)4/h8-12,15-18H,7,13H2,1-6H3/t15-,16-,17-,18+/m0/s1. The highest BCUT2D eigenvalue weighted by atomic mass is 16.6. The second kappa shape index (κ2) is 7.39. The molecule has 3 rings (SSSR count). The first-order chi connectivity index (χ1) is 13.1. The molecule has 6 nitrogen and oxygen atoms in total. The Morgan fingerprint density at radius 2 is 1.86 bits per heavy atom. The van der Waals surface area contributed by atoms with Crippen LogP contribution in [-0.4, -0.2) is 47.5 Å². The summed E-state index contributed by atoms with van der Waals surface area (Å²) in [5.74, 6) is -0.548. The highest BCUT2D eigenvalue weighted by Gasteiger charge is 2.64. The Labute approximate surface area is 167 Å². The summed E-state index contributed by atoms with van der Waals surface area (Å²) in [6.07, 6.45) is -0.415. The molecule has 1 saturated heterocycles. The van der Waals surface area contributed by atoms with Gasteiger partial charge < -0.3 is 14.2 Å². The predicted molar refractivity (Wildman–Crippen MR) is 105 cm³/mol. The second-order valence-electron chi connectivity index (χ2n) is 8.97. The van der Waals surface area contributed by atoms with Gasteiger partial charge in [-0.05, 0) is 47.1 Å². The van der Waals surface area contributed by atoms with Gasteiger partial charge in [-0.3, -0.25) is 9.69 Å². The molecule has 1 aliphatic carbocycles. The number of rotatable bonds is 4. The van der Waals surface area contributed by atoms with Gasteiger partial charge in [-0.1, -0.05) is 30.3 Å². The molecule has 6 heteroatoms. The van der Waals surface area contributed by atoms with Crippen LogP contribution in [0.4, 0.5) is 4.79 Å². The quantitative estimate of drug-likeness (QED) is 0.730. The highest BCUT2D eigenvalue weighted by Crippen LogP contribution is 2.59. The van der Waals surface area contributed by atoms with Crippen LogP contribution in [0.2, 0.25) is 0 Å². The maximum absolute atomic E-state index is 13.0. The summed E-state index contributed by atoms with van der Waals surface area (Å²) in [5.41, 5.74) is -0.321. The van der Waals surface area contributed by atoms with E-state index in [0.717, 1.165) is 5.56 Å². The Hall–Kier alpha value is -2.08. The number of amides is 1. The van der Waals surface area contributed by atoms with E-state index < -0.39 is 17.4 Å². The van der Waals surface area contributed by atoms with E-state index in [4.69, 9.17) is 14.2 Å². The molecule has 4 atom stereocenters. The molecule has 0 bridgehead atoms. The largest absolute Gasteiger partial charge is 0.466 e. The van der Waals surface area contributed by atoms with Crippen LogP contribution in [-0.2, 0) is 19.0 Å². The summed E-state index contributed by atoms with van der Waals surface area (Å²) in [5, 5.41) is 0. The van der Waals surface area contributed by atoms with E-state index in [2.05, 4.69) is 0 Å². The molecule has 0 N–H and O–H groups in total. The van der Waals surface area contributed by atoms with Crippen molar-refractivity contribution in [3.8, 4) is 0 Å². The van der Waals surface area contributed by atoms with E-state index in [0.29, 0.717) is 13.2 Å². The Balaban J connectivity index is 1.89. The van der Waals surface area contributed by atoms with Crippen LogP contribution in [0.25, 0.3) is 0 Å². The van der Waals surface area contributed by atoms with Gasteiger partial charge in [0, 0.05) is 11.8 Å². The van der Waals surface area contributed by atoms with Crippen LogP contribution in [0.3, 0.4) is 0 Å². The molecule has 1 heterocycles. The SMILES string of the molecule is CCOC(=O)[C@@H]1[C@@H](c2ccccc2)[C@@H]1[C@@H]1COC(C)(C)N1C(=O)OC(C)(C)C. The maximum atomic E-state index is 13.0. The van der Waals surface area contributed by atoms with E-state index in [1.165, 1.54) is 0 Å². The Morgan fingerprint density at radius 1 is 1.21 bits per heavy atom. The first-order valence-corrected chi connectivity index (χ1v) is 9.94. The summed E-state index contributed by atoms with van der Waals surface area (Å²) in [7, 11) is 0. The average Bonchev–Trinajstić information content (AvgIpc) is 3.25. The molecule has 0 radical (unpaired) electrons. The number of hydrogen-bond acceptors (Lipinski definition) is 5. The van der Waals surface area contributed by atoms with Crippen molar-refractivity contribution in [3.63, 3.8) is 0 Å². The van der Waals surface area contributed by atoms with Gasteiger partial charge in [-0.15, -0.1) is 0 Å². The minimum atomic E-state index is -0.796. The van der Waals surface area contributed by atoms with Gasteiger partial charge in [0.25, 0.3) is 0 Å². The molecular formula is C22H31NO5. The van der Waals surface area contributed by atoms with Crippen molar-refractivity contribution in [3.05, 3.63) is 35.9 Å². The van der Waals surface area contributed by atoms with Crippen LogP contribution in [0.15, 0.2) is 30.3 Å². The predicted octanol–water partition coefficient (Wildman–Crippen LogP) is 3.95. The third-order valence-corrected chi connectivity index (χ3v) is 5.37. The van der Waals surface area contributed by atoms with E-state index in [1.54, 1.807) is 4.90 Å². The molecule has 1 aliphatic heterocycles. The molecule has 28 heavy (non-hydrogen) atoms. The first-order valence-electron chi connectivity index (χ1n) is 9.94. The molecule has 2 fully saturated rings. The van der Waals surface area contributed by atoms with E-state index >= 15 is 0 Å². The van der Waals surface area contributed by atoms with Crippen molar-refractivity contribution < 1.29 is 23.8 Å². The molecule has 2 aliphatic rings. The van der Waals surface area contributed by atoms with Crippen molar-refractivity contribution >= 4 is 12.1 Å². The lowest BCUT2D eigenvalue weighted by Gasteiger charge is -2.35. The van der Waals surface area contributed by atoms with Crippen LogP contribution in [0.1, 0.15) is 53.0 Å². The van der Waals surface area contributed by atoms with Gasteiger partial charge in [0.05, 0.1) is 25.2 Å². The fourth-order valence-electron chi connectivity index (χ4n) is 4.24. The second-order valence-corrected chi connectivity index (χ2v) is 8.97. The van der Waals surface area contributed by atoms with Gasteiger partial charge in [0.15, 0.2) is 0 Å². The lowest BCUT2D eigenvalue weighted by atomic mass is 10.0. The minimum Gasteiger partial charge on any atom is -0.466 e. The Kier molecular flexibility index (Phi) is 5.45. The molecule has 1 saturated carbocycles. The molecule has 1 amide bonds. The van der Waals surface area contributed by atoms with Crippen LogP contribution in [0.5, 0.6) is 0 Å². The van der Waals surface area contributed by atoms with E-state index in [9.17, 15) is 9.59 Å². The molecule has 1 aromatic rings. The maximum Gasteiger partial charge on any atom is 0.412 e. The lowest BCUT2D eigenvalue weighted by molar-refractivity contribution is -0.145. The van der Waals surface area contributed by atoms with Gasteiger partial charge in [0.1, 0.15) is 11.3 Å². The van der Waals surface area contributed by atoms with E-state index in [1.807, 2.05) is 71.9 Å². The van der Waals surface area contributed by atoms with Crippen molar-refractivity contribution in [1.82, 2.24) is 4.90 Å². The zero-order valence-electron chi connectivity index (χ0n) is 17.6. The summed E-state index contributed by atoms with van der Waals surface area (Å²) < 4.78 is 16.9. The van der Waals surface area contributed by atoms with Gasteiger partial charge in [0.2, 0.25) is 0 Å². The molecule has 1 aromatic carbocycles. The summed E-state index contributed by atoms with van der Waals surface area (Å²) in [4.78, 5) is 27.3. The monoisotopic (exact) mass is 389 g/mol. The highest BCUT2D eigenvalue weighted by molar-refractivity contribution is 5.79. The normalized spacial score (nSPS) is 28.7. The van der Waals surface area contributed by atoms with Crippen LogP contribution in [0, 0.1) is 11.8 Å². The lowest BCUT2D eigenvalue weighted by Crippen LogP contribution is -2.50. The topological polar surface area (TPSA) is 65.1 Å². The van der Waals surface area contributed by atoms with Gasteiger partial charge in [-0.25, -0.2) is 4.79 Å². The third kappa shape index (κ3) is 4.02. The number of hydrogen-bond donors (Lipinski definition) is 0.